The fourth-order valence-electron chi connectivity index (χ4n) is 1.83. The predicted octanol–water partition coefficient (Wildman–Crippen LogP) is 1.57. The lowest BCUT2D eigenvalue weighted by molar-refractivity contribution is 0.0950. The molecule has 0 aliphatic heterocycles. The molecule has 1 aromatic heterocycles. The SMILES string of the molecule is CN(C)c1ccc(C(=O)NCc2ccc(CO)cc2)cn1. The molecule has 0 atom stereocenters. The van der Waals surface area contributed by atoms with E-state index in [0.717, 1.165) is 16.9 Å². The molecule has 110 valence electrons. The molecular formula is C16H19N3O2. The zero-order valence-corrected chi connectivity index (χ0v) is 12.2. The summed E-state index contributed by atoms with van der Waals surface area (Å²) in [6, 6.07) is 11.0. The summed E-state index contributed by atoms with van der Waals surface area (Å²) >= 11 is 0. The van der Waals surface area contributed by atoms with Gasteiger partial charge < -0.3 is 15.3 Å². The maximum absolute atomic E-state index is 12.0. The van der Waals surface area contributed by atoms with Gasteiger partial charge in [0.1, 0.15) is 5.82 Å². The van der Waals surface area contributed by atoms with Crippen molar-refractivity contribution >= 4 is 11.7 Å². The van der Waals surface area contributed by atoms with Gasteiger partial charge in [0, 0.05) is 26.8 Å². The number of aliphatic hydroxyl groups is 1. The second-order valence-corrected chi connectivity index (χ2v) is 4.96. The Balaban J connectivity index is 1.94. The second kappa shape index (κ2) is 6.85. The molecule has 5 heteroatoms. The van der Waals surface area contributed by atoms with Crippen LogP contribution in [-0.4, -0.2) is 30.1 Å². The third-order valence-corrected chi connectivity index (χ3v) is 3.13. The summed E-state index contributed by atoms with van der Waals surface area (Å²) in [7, 11) is 3.80. The summed E-state index contributed by atoms with van der Waals surface area (Å²) in [6.07, 6.45) is 1.57. The van der Waals surface area contributed by atoms with Crippen molar-refractivity contribution < 1.29 is 9.90 Å². The minimum atomic E-state index is -0.154. The number of carbonyl (C=O) groups is 1. The van der Waals surface area contributed by atoms with Crippen molar-refractivity contribution in [1.82, 2.24) is 10.3 Å². The predicted molar refractivity (Wildman–Crippen MR) is 82.1 cm³/mol. The lowest BCUT2D eigenvalue weighted by atomic mass is 10.1. The summed E-state index contributed by atoms with van der Waals surface area (Å²) in [5, 5.41) is 11.8. The van der Waals surface area contributed by atoms with Gasteiger partial charge in [0.05, 0.1) is 12.2 Å². The smallest absolute Gasteiger partial charge is 0.253 e. The first-order valence-electron chi connectivity index (χ1n) is 6.70. The fraction of sp³-hybridized carbons (Fsp3) is 0.250. The van der Waals surface area contributed by atoms with Gasteiger partial charge in [-0.05, 0) is 23.3 Å². The van der Waals surface area contributed by atoms with Crippen LogP contribution in [0.15, 0.2) is 42.6 Å². The van der Waals surface area contributed by atoms with Crippen molar-refractivity contribution in [2.45, 2.75) is 13.2 Å². The summed E-state index contributed by atoms with van der Waals surface area (Å²) in [5.41, 5.74) is 2.37. The highest BCUT2D eigenvalue weighted by atomic mass is 16.3. The van der Waals surface area contributed by atoms with Crippen LogP contribution in [-0.2, 0) is 13.2 Å². The van der Waals surface area contributed by atoms with Gasteiger partial charge in [0.2, 0.25) is 0 Å². The third kappa shape index (κ3) is 4.03. The Hall–Kier alpha value is -2.40. The number of carbonyl (C=O) groups excluding carboxylic acids is 1. The lowest BCUT2D eigenvalue weighted by Gasteiger charge is -2.11. The molecule has 0 radical (unpaired) electrons. The average molecular weight is 285 g/mol. The van der Waals surface area contributed by atoms with Gasteiger partial charge in [0.15, 0.2) is 0 Å². The van der Waals surface area contributed by atoms with Crippen molar-refractivity contribution in [2.75, 3.05) is 19.0 Å². The number of aliphatic hydroxyl groups excluding tert-OH is 1. The number of nitrogens with one attached hydrogen (secondary N) is 1. The number of pyridine rings is 1. The Labute approximate surface area is 124 Å². The van der Waals surface area contributed by atoms with Crippen molar-refractivity contribution in [2.24, 2.45) is 0 Å². The zero-order valence-electron chi connectivity index (χ0n) is 12.2. The molecule has 0 spiro atoms. The molecule has 21 heavy (non-hydrogen) atoms. The molecule has 1 aromatic carbocycles. The Morgan fingerprint density at radius 1 is 1.14 bits per heavy atom. The Bertz CT molecular complexity index is 592. The van der Waals surface area contributed by atoms with Crippen LogP contribution in [0.5, 0.6) is 0 Å². The maximum Gasteiger partial charge on any atom is 0.253 e. The molecular weight excluding hydrogens is 266 g/mol. The van der Waals surface area contributed by atoms with E-state index in [2.05, 4.69) is 10.3 Å². The molecule has 0 aliphatic rings. The highest BCUT2D eigenvalue weighted by molar-refractivity contribution is 5.94. The standard InChI is InChI=1S/C16H19N3O2/c1-19(2)15-8-7-14(10-17-15)16(21)18-9-12-3-5-13(11-20)6-4-12/h3-8,10,20H,9,11H2,1-2H3,(H,18,21). The number of amides is 1. The maximum atomic E-state index is 12.0. The van der Waals surface area contributed by atoms with Crippen LogP contribution >= 0.6 is 0 Å². The van der Waals surface area contributed by atoms with E-state index in [9.17, 15) is 4.79 Å². The fourth-order valence-corrected chi connectivity index (χ4v) is 1.83. The van der Waals surface area contributed by atoms with E-state index in [-0.39, 0.29) is 12.5 Å². The summed E-state index contributed by atoms with van der Waals surface area (Å²) < 4.78 is 0. The van der Waals surface area contributed by atoms with E-state index in [0.29, 0.717) is 12.1 Å². The van der Waals surface area contributed by atoms with Crippen LogP contribution in [0.3, 0.4) is 0 Å². The Kier molecular flexibility index (Phi) is 4.90. The van der Waals surface area contributed by atoms with Crippen molar-refractivity contribution in [1.29, 1.82) is 0 Å². The Morgan fingerprint density at radius 2 is 1.81 bits per heavy atom. The number of benzene rings is 1. The highest BCUT2D eigenvalue weighted by Crippen LogP contribution is 2.08. The molecule has 0 aliphatic carbocycles. The van der Waals surface area contributed by atoms with E-state index >= 15 is 0 Å². The van der Waals surface area contributed by atoms with Gasteiger partial charge in [-0.2, -0.15) is 0 Å². The monoisotopic (exact) mass is 285 g/mol. The molecule has 0 fully saturated rings. The van der Waals surface area contributed by atoms with Gasteiger partial charge in [-0.25, -0.2) is 4.98 Å². The summed E-state index contributed by atoms with van der Waals surface area (Å²) in [5.74, 6) is 0.658. The number of aromatic nitrogens is 1. The van der Waals surface area contributed by atoms with Gasteiger partial charge in [-0.15, -0.1) is 0 Å². The van der Waals surface area contributed by atoms with Crippen LogP contribution in [0.25, 0.3) is 0 Å². The lowest BCUT2D eigenvalue weighted by Crippen LogP contribution is -2.23. The van der Waals surface area contributed by atoms with Crippen molar-refractivity contribution in [3.63, 3.8) is 0 Å². The number of nitrogens with zero attached hydrogens (tertiary/aromatic N) is 2. The van der Waals surface area contributed by atoms with Crippen LogP contribution in [0.2, 0.25) is 0 Å². The van der Waals surface area contributed by atoms with Crippen molar-refractivity contribution in [3.8, 4) is 0 Å². The van der Waals surface area contributed by atoms with E-state index in [4.69, 9.17) is 5.11 Å². The molecule has 2 N–H and O–H groups in total. The van der Waals surface area contributed by atoms with Gasteiger partial charge >= 0.3 is 0 Å². The minimum absolute atomic E-state index is 0.0243. The van der Waals surface area contributed by atoms with Crippen LogP contribution in [0.1, 0.15) is 21.5 Å². The molecule has 2 rings (SSSR count). The first-order chi connectivity index (χ1) is 10.1. The number of anilines is 1. The molecule has 1 heterocycles. The van der Waals surface area contributed by atoms with E-state index < -0.39 is 0 Å². The Morgan fingerprint density at radius 3 is 2.33 bits per heavy atom. The first kappa shape index (κ1) is 15.0. The zero-order chi connectivity index (χ0) is 15.2. The molecule has 5 nitrogen and oxygen atoms in total. The van der Waals surface area contributed by atoms with E-state index in [1.807, 2.05) is 49.3 Å². The van der Waals surface area contributed by atoms with Crippen LogP contribution in [0, 0.1) is 0 Å². The summed E-state index contributed by atoms with van der Waals surface area (Å²) in [4.78, 5) is 18.1. The van der Waals surface area contributed by atoms with E-state index in [1.165, 1.54) is 0 Å². The second-order valence-electron chi connectivity index (χ2n) is 4.96. The van der Waals surface area contributed by atoms with Gasteiger partial charge in [0.25, 0.3) is 5.91 Å². The van der Waals surface area contributed by atoms with E-state index in [1.54, 1.807) is 12.3 Å². The number of hydrogen-bond acceptors (Lipinski definition) is 4. The minimum Gasteiger partial charge on any atom is -0.392 e. The normalized spacial score (nSPS) is 10.2. The van der Waals surface area contributed by atoms with Gasteiger partial charge in [-0.3, -0.25) is 4.79 Å². The molecule has 0 bridgehead atoms. The first-order valence-corrected chi connectivity index (χ1v) is 6.70. The largest absolute Gasteiger partial charge is 0.392 e. The molecule has 0 saturated heterocycles. The topological polar surface area (TPSA) is 65.5 Å². The van der Waals surface area contributed by atoms with Crippen molar-refractivity contribution in [3.05, 3.63) is 59.3 Å². The van der Waals surface area contributed by atoms with Crippen LogP contribution < -0.4 is 10.2 Å². The number of rotatable bonds is 5. The molecule has 0 saturated carbocycles. The molecule has 1 amide bonds. The molecule has 0 unspecified atom stereocenters. The average Bonchev–Trinajstić information content (AvgIpc) is 2.53. The number of hydrogen-bond donors (Lipinski definition) is 2. The van der Waals surface area contributed by atoms with Crippen LogP contribution in [0.4, 0.5) is 5.82 Å². The molecule has 2 aromatic rings. The highest BCUT2D eigenvalue weighted by Gasteiger charge is 2.06. The van der Waals surface area contributed by atoms with Gasteiger partial charge in [-0.1, -0.05) is 24.3 Å². The third-order valence-electron chi connectivity index (χ3n) is 3.13. The summed E-state index contributed by atoms with van der Waals surface area (Å²) in [6.45, 7) is 0.469. The quantitative estimate of drug-likeness (QED) is 0.875.